The molecule has 0 amide bonds. The van der Waals surface area contributed by atoms with Crippen LogP contribution in [0.2, 0.25) is 0 Å². The Bertz CT molecular complexity index is 140. The first-order valence-corrected chi connectivity index (χ1v) is 3.39. The van der Waals surface area contributed by atoms with Crippen LogP contribution in [-0.4, -0.2) is 36.6 Å². The molecule has 1 heterocycles. The standard InChI is InChI=1S/C6H10F2O3/c1-2-10-5-4(9)3-11-6(5,7)8/h4-5,9H,2-3H2,1H3/t4-,5-/m1/s1. The van der Waals surface area contributed by atoms with Gasteiger partial charge < -0.3 is 14.6 Å². The molecule has 66 valence electrons. The van der Waals surface area contributed by atoms with Crippen LogP contribution in [-0.2, 0) is 9.47 Å². The molecule has 0 bridgehead atoms. The Kier molecular flexibility index (Phi) is 2.41. The summed E-state index contributed by atoms with van der Waals surface area (Å²) in [6.45, 7) is 1.36. The minimum absolute atomic E-state index is 0.140. The number of hydrogen-bond donors (Lipinski definition) is 1. The van der Waals surface area contributed by atoms with Gasteiger partial charge in [-0.15, -0.1) is 0 Å². The van der Waals surface area contributed by atoms with Gasteiger partial charge in [-0.2, -0.15) is 8.78 Å². The summed E-state index contributed by atoms with van der Waals surface area (Å²) in [6.07, 6.45) is -6.06. The van der Waals surface area contributed by atoms with Gasteiger partial charge in [-0.25, -0.2) is 0 Å². The fourth-order valence-electron chi connectivity index (χ4n) is 0.978. The molecule has 0 radical (unpaired) electrons. The Morgan fingerprint density at radius 2 is 2.36 bits per heavy atom. The van der Waals surface area contributed by atoms with Crippen molar-refractivity contribution in [1.82, 2.24) is 0 Å². The number of rotatable bonds is 2. The van der Waals surface area contributed by atoms with Crippen molar-refractivity contribution in [2.45, 2.75) is 25.2 Å². The van der Waals surface area contributed by atoms with E-state index in [4.69, 9.17) is 5.11 Å². The zero-order valence-corrected chi connectivity index (χ0v) is 6.09. The van der Waals surface area contributed by atoms with E-state index in [0.29, 0.717) is 0 Å². The average Bonchev–Trinajstić information content (AvgIpc) is 2.16. The average molecular weight is 168 g/mol. The topological polar surface area (TPSA) is 38.7 Å². The van der Waals surface area contributed by atoms with Crippen molar-refractivity contribution >= 4 is 0 Å². The van der Waals surface area contributed by atoms with Crippen LogP contribution in [0.3, 0.4) is 0 Å². The summed E-state index contributed by atoms with van der Waals surface area (Å²) in [4.78, 5) is 0. The van der Waals surface area contributed by atoms with E-state index in [1.807, 2.05) is 0 Å². The molecule has 1 fully saturated rings. The van der Waals surface area contributed by atoms with Crippen LogP contribution in [0.15, 0.2) is 0 Å². The van der Waals surface area contributed by atoms with Gasteiger partial charge in [0.05, 0.1) is 6.61 Å². The van der Waals surface area contributed by atoms with E-state index in [0.717, 1.165) is 0 Å². The normalized spacial score (nSPS) is 36.0. The molecule has 0 spiro atoms. The Labute approximate surface area is 62.9 Å². The minimum Gasteiger partial charge on any atom is -0.388 e. The molecule has 5 heteroatoms. The SMILES string of the molecule is CCO[C@@H]1[C@H](O)COC1(F)F. The lowest BCUT2D eigenvalue weighted by molar-refractivity contribution is -0.258. The molecule has 0 aromatic heterocycles. The van der Waals surface area contributed by atoms with Crippen molar-refractivity contribution in [1.29, 1.82) is 0 Å². The highest BCUT2D eigenvalue weighted by Gasteiger charge is 2.52. The van der Waals surface area contributed by atoms with Gasteiger partial charge in [0.1, 0.15) is 6.10 Å². The van der Waals surface area contributed by atoms with Crippen molar-refractivity contribution in [2.75, 3.05) is 13.2 Å². The molecule has 0 saturated carbocycles. The van der Waals surface area contributed by atoms with E-state index in [-0.39, 0.29) is 13.2 Å². The summed E-state index contributed by atoms with van der Waals surface area (Å²) in [7, 11) is 0. The van der Waals surface area contributed by atoms with Crippen LogP contribution >= 0.6 is 0 Å². The molecule has 1 aliphatic heterocycles. The highest BCUT2D eigenvalue weighted by atomic mass is 19.3. The van der Waals surface area contributed by atoms with Crippen LogP contribution in [0.1, 0.15) is 6.92 Å². The van der Waals surface area contributed by atoms with Gasteiger partial charge in [0.25, 0.3) is 0 Å². The predicted molar refractivity (Wildman–Crippen MR) is 32.3 cm³/mol. The van der Waals surface area contributed by atoms with Crippen LogP contribution < -0.4 is 0 Å². The minimum atomic E-state index is -3.34. The van der Waals surface area contributed by atoms with Crippen LogP contribution in [0.5, 0.6) is 0 Å². The first kappa shape index (κ1) is 8.83. The molecule has 1 saturated heterocycles. The van der Waals surface area contributed by atoms with E-state index >= 15 is 0 Å². The molecular formula is C6H10F2O3. The number of aliphatic hydroxyl groups excluding tert-OH is 1. The Morgan fingerprint density at radius 3 is 2.73 bits per heavy atom. The molecule has 11 heavy (non-hydrogen) atoms. The van der Waals surface area contributed by atoms with Crippen molar-refractivity contribution in [3.8, 4) is 0 Å². The first-order chi connectivity index (χ1) is 5.08. The number of ether oxygens (including phenoxy) is 2. The summed E-state index contributed by atoms with van der Waals surface area (Å²) in [5.41, 5.74) is 0. The summed E-state index contributed by atoms with van der Waals surface area (Å²) >= 11 is 0. The van der Waals surface area contributed by atoms with Crippen molar-refractivity contribution < 1.29 is 23.4 Å². The molecule has 0 unspecified atom stereocenters. The number of hydrogen-bond acceptors (Lipinski definition) is 3. The van der Waals surface area contributed by atoms with Crippen LogP contribution in [0.4, 0.5) is 8.78 Å². The number of halogens is 2. The lowest BCUT2D eigenvalue weighted by Crippen LogP contribution is -2.37. The second-order valence-electron chi connectivity index (χ2n) is 2.32. The van der Waals surface area contributed by atoms with Gasteiger partial charge in [-0.3, -0.25) is 0 Å². The Hall–Kier alpha value is -0.260. The quantitative estimate of drug-likeness (QED) is 0.647. The highest BCUT2D eigenvalue weighted by molar-refractivity contribution is 4.83. The zero-order valence-electron chi connectivity index (χ0n) is 6.09. The molecular weight excluding hydrogens is 158 g/mol. The van der Waals surface area contributed by atoms with Crippen LogP contribution in [0, 0.1) is 0 Å². The third-order valence-electron chi connectivity index (χ3n) is 1.47. The molecule has 0 aromatic rings. The fraction of sp³-hybridized carbons (Fsp3) is 1.00. The summed E-state index contributed by atoms with van der Waals surface area (Å²) in [6, 6.07) is 0. The monoisotopic (exact) mass is 168 g/mol. The molecule has 1 N–H and O–H groups in total. The second kappa shape index (κ2) is 3.00. The van der Waals surface area contributed by atoms with Crippen molar-refractivity contribution in [3.63, 3.8) is 0 Å². The molecule has 0 aliphatic carbocycles. The first-order valence-electron chi connectivity index (χ1n) is 3.39. The highest BCUT2D eigenvalue weighted by Crippen LogP contribution is 2.31. The Balaban J connectivity index is 2.57. The maximum atomic E-state index is 12.5. The van der Waals surface area contributed by atoms with E-state index in [1.54, 1.807) is 6.92 Å². The molecule has 1 rings (SSSR count). The second-order valence-corrected chi connectivity index (χ2v) is 2.32. The largest absolute Gasteiger partial charge is 0.388 e. The van der Waals surface area contributed by atoms with E-state index in [1.165, 1.54) is 0 Å². The predicted octanol–water partition coefficient (Wildman–Crippen LogP) is 0.375. The van der Waals surface area contributed by atoms with Gasteiger partial charge in [0.2, 0.25) is 0 Å². The summed E-state index contributed by atoms with van der Waals surface area (Å²) < 4.78 is 33.7. The van der Waals surface area contributed by atoms with Gasteiger partial charge in [-0.1, -0.05) is 0 Å². The molecule has 0 aromatic carbocycles. The molecule has 1 aliphatic rings. The molecule has 2 atom stereocenters. The zero-order chi connectivity index (χ0) is 8.48. The third-order valence-corrected chi connectivity index (χ3v) is 1.47. The van der Waals surface area contributed by atoms with Gasteiger partial charge in [-0.05, 0) is 6.92 Å². The summed E-state index contributed by atoms with van der Waals surface area (Å²) in [5, 5.41) is 8.93. The molecule has 3 nitrogen and oxygen atoms in total. The number of alkyl halides is 2. The van der Waals surface area contributed by atoms with E-state index in [9.17, 15) is 8.78 Å². The maximum Gasteiger partial charge on any atom is 0.384 e. The fourth-order valence-corrected chi connectivity index (χ4v) is 0.978. The van der Waals surface area contributed by atoms with Gasteiger partial charge >= 0.3 is 6.11 Å². The number of aliphatic hydroxyl groups is 1. The Morgan fingerprint density at radius 1 is 1.73 bits per heavy atom. The third kappa shape index (κ3) is 1.66. The lowest BCUT2D eigenvalue weighted by Gasteiger charge is -2.18. The van der Waals surface area contributed by atoms with E-state index in [2.05, 4.69) is 9.47 Å². The van der Waals surface area contributed by atoms with E-state index < -0.39 is 18.3 Å². The summed E-state index contributed by atoms with van der Waals surface area (Å²) in [5.74, 6) is 0. The van der Waals surface area contributed by atoms with Gasteiger partial charge in [0.15, 0.2) is 6.10 Å². The smallest absolute Gasteiger partial charge is 0.384 e. The van der Waals surface area contributed by atoms with Crippen LogP contribution in [0.25, 0.3) is 0 Å². The van der Waals surface area contributed by atoms with Gasteiger partial charge in [0, 0.05) is 6.61 Å². The van der Waals surface area contributed by atoms with Crippen molar-refractivity contribution in [2.24, 2.45) is 0 Å². The lowest BCUT2D eigenvalue weighted by atomic mass is 10.2. The maximum absolute atomic E-state index is 12.5. The van der Waals surface area contributed by atoms with Crippen molar-refractivity contribution in [3.05, 3.63) is 0 Å².